The molecule has 16 nitrogen and oxygen atoms in total. The number of aromatic carboxylic acids is 1. The Morgan fingerprint density at radius 1 is 0.538 bits per heavy atom. The Kier molecular flexibility index (Phi) is 18.8. The number of carbonyl (C=O) groups excluding carboxylic acids is 2. The third kappa shape index (κ3) is 17.7. The van der Waals surface area contributed by atoms with Crippen LogP contribution in [0.3, 0.4) is 0 Å². The van der Waals surface area contributed by atoms with Crippen molar-refractivity contribution in [1.29, 1.82) is 0 Å². The molecule has 3 heterocycles. The van der Waals surface area contributed by atoms with E-state index < -0.39 is 42.4 Å². The summed E-state index contributed by atoms with van der Waals surface area (Å²) in [5.74, 6) is -9.36. The Morgan fingerprint density at radius 3 is 1.25 bits per heavy atom. The molecule has 1 aromatic heterocycles. The number of rotatable bonds is 11. The number of aromatic nitrogens is 1. The molecule has 7 N–H and O–H groups in total. The molecule has 0 spiro atoms. The summed E-state index contributed by atoms with van der Waals surface area (Å²) in [7, 11) is 0. The summed E-state index contributed by atoms with van der Waals surface area (Å²) in [5, 5.41) is 42.0. The van der Waals surface area contributed by atoms with Gasteiger partial charge < -0.3 is 46.2 Å². The molecule has 0 bridgehead atoms. The van der Waals surface area contributed by atoms with Crippen LogP contribution in [0, 0.1) is 0 Å². The van der Waals surface area contributed by atoms with E-state index in [1.165, 1.54) is 25.7 Å². The highest BCUT2D eigenvalue weighted by Gasteiger charge is 2.39. The number of nitrogens with zero attached hydrogens (tertiary/aromatic N) is 3. The van der Waals surface area contributed by atoms with E-state index in [0.29, 0.717) is 40.9 Å². The number of likely N-dealkylation sites (tertiary alicyclic amines) is 2. The summed E-state index contributed by atoms with van der Waals surface area (Å²) in [6, 6.07) is 17.9. The Labute approximate surface area is 362 Å². The van der Waals surface area contributed by atoms with E-state index in [1.807, 2.05) is 42.5 Å². The van der Waals surface area contributed by atoms with E-state index in [4.69, 9.17) is 34.7 Å². The van der Waals surface area contributed by atoms with Crippen LogP contribution in [-0.4, -0.2) is 129 Å². The number of aliphatic carboxylic acids is 3. The van der Waals surface area contributed by atoms with Crippen LogP contribution in [0.4, 0.5) is 62.3 Å². The molecule has 2 saturated heterocycles. The maximum Gasteiger partial charge on any atom is 0.490 e. The number of carboxylic acids is 4. The summed E-state index contributed by atoms with van der Waals surface area (Å²) in [5.41, 5.74) is 4.18. The fraction of sp³-hybridized carbons (Fsp3) is 0.375. The van der Waals surface area contributed by atoms with Gasteiger partial charge in [0.05, 0.1) is 22.3 Å². The molecule has 4 aromatic rings. The molecule has 0 saturated carbocycles. The average Bonchev–Trinajstić information content (AvgIpc) is 3.94. The third-order valence-corrected chi connectivity index (χ3v) is 9.16. The Hall–Kier alpha value is -6.76. The van der Waals surface area contributed by atoms with Crippen LogP contribution in [-0.2, 0) is 24.0 Å². The van der Waals surface area contributed by atoms with E-state index in [-0.39, 0.29) is 17.4 Å². The van der Waals surface area contributed by atoms with E-state index >= 15 is 0 Å². The van der Waals surface area contributed by atoms with E-state index in [9.17, 15) is 59.0 Å². The lowest BCUT2D eigenvalue weighted by Gasteiger charge is -2.17. The van der Waals surface area contributed by atoms with Gasteiger partial charge in [-0.1, -0.05) is 6.07 Å². The first kappa shape index (κ1) is 52.6. The average molecular weight is 937 g/mol. The van der Waals surface area contributed by atoms with Crippen molar-refractivity contribution in [2.75, 3.05) is 55.2 Å². The highest BCUT2D eigenvalue weighted by molar-refractivity contribution is 6.11. The lowest BCUT2D eigenvalue weighted by Crippen LogP contribution is -2.25. The van der Waals surface area contributed by atoms with Gasteiger partial charge in [-0.15, -0.1) is 0 Å². The molecule has 354 valence electrons. The fourth-order valence-corrected chi connectivity index (χ4v) is 6.09. The molecule has 0 radical (unpaired) electrons. The first-order valence-corrected chi connectivity index (χ1v) is 19.2. The second kappa shape index (κ2) is 23.3. The molecule has 0 atom stereocenters. The predicted octanol–water partition coefficient (Wildman–Crippen LogP) is 7.58. The molecule has 2 aliphatic heterocycles. The summed E-state index contributed by atoms with van der Waals surface area (Å²) < 4.78 is 95.2. The Bertz CT molecular complexity index is 2180. The number of nitrogens with one attached hydrogen (secondary N) is 3. The molecular formula is C40H41F9N6O10. The van der Waals surface area contributed by atoms with Gasteiger partial charge in [0, 0.05) is 53.8 Å². The van der Waals surface area contributed by atoms with Gasteiger partial charge in [-0.2, -0.15) is 39.5 Å². The third-order valence-electron chi connectivity index (χ3n) is 9.16. The number of fused-ring (bicyclic) bond motifs is 2. The van der Waals surface area contributed by atoms with Crippen LogP contribution in [0.5, 0.6) is 0 Å². The first-order valence-electron chi connectivity index (χ1n) is 19.2. The highest BCUT2D eigenvalue weighted by atomic mass is 19.4. The normalized spacial score (nSPS) is 14.2. The summed E-state index contributed by atoms with van der Waals surface area (Å²) in [6.07, 6.45) is -9.65. The molecule has 25 heteroatoms. The lowest BCUT2D eigenvalue weighted by atomic mass is 10.1. The number of pyridine rings is 1. The summed E-state index contributed by atoms with van der Waals surface area (Å²) in [6.45, 7) is 5.69. The van der Waals surface area contributed by atoms with Crippen molar-refractivity contribution in [2.45, 2.75) is 57.1 Å². The topological polar surface area (TPSA) is 239 Å². The number of anilines is 4. The molecule has 2 aliphatic rings. The fourth-order valence-electron chi connectivity index (χ4n) is 6.09. The number of hydrogen-bond acceptors (Lipinski definition) is 10. The van der Waals surface area contributed by atoms with Gasteiger partial charge in [0.15, 0.2) is 0 Å². The van der Waals surface area contributed by atoms with Crippen molar-refractivity contribution in [3.63, 3.8) is 0 Å². The zero-order valence-electron chi connectivity index (χ0n) is 33.7. The smallest absolute Gasteiger partial charge is 0.478 e. The number of halogens is 9. The first-order chi connectivity index (χ1) is 30.2. The minimum absolute atomic E-state index is 0.0418. The molecular weight excluding hydrogens is 895 g/mol. The number of amides is 2. The van der Waals surface area contributed by atoms with Crippen molar-refractivity contribution in [3.8, 4) is 0 Å². The molecule has 6 rings (SSSR count). The predicted molar refractivity (Wildman–Crippen MR) is 215 cm³/mol. The van der Waals surface area contributed by atoms with Gasteiger partial charge in [0.1, 0.15) is 0 Å². The van der Waals surface area contributed by atoms with Crippen LogP contribution >= 0.6 is 0 Å². The van der Waals surface area contributed by atoms with Crippen molar-refractivity contribution in [3.05, 3.63) is 66.2 Å². The zero-order chi connectivity index (χ0) is 48.7. The highest BCUT2D eigenvalue weighted by Crippen LogP contribution is 2.36. The molecule has 3 aromatic carbocycles. The second-order valence-corrected chi connectivity index (χ2v) is 14.1. The van der Waals surface area contributed by atoms with Gasteiger partial charge in [-0.3, -0.25) is 9.59 Å². The Balaban J connectivity index is 0.000000443. The molecule has 0 aliphatic carbocycles. The Morgan fingerprint density at radius 2 is 0.908 bits per heavy atom. The number of benzene rings is 3. The van der Waals surface area contributed by atoms with Crippen molar-refractivity contribution in [2.24, 2.45) is 0 Å². The van der Waals surface area contributed by atoms with Crippen molar-refractivity contribution < 1.29 is 88.7 Å². The van der Waals surface area contributed by atoms with Gasteiger partial charge >= 0.3 is 42.4 Å². The number of alkyl halides is 9. The zero-order valence-corrected chi connectivity index (χ0v) is 33.7. The molecule has 0 unspecified atom stereocenters. The maximum atomic E-state index is 12.7. The van der Waals surface area contributed by atoms with Gasteiger partial charge in [0.25, 0.3) is 0 Å². The van der Waals surface area contributed by atoms with Crippen LogP contribution in [0.1, 0.15) is 48.9 Å². The van der Waals surface area contributed by atoms with Crippen molar-refractivity contribution in [1.82, 2.24) is 14.8 Å². The van der Waals surface area contributed by atoms with Gasteiger partial charge in [-0.25, -0.2) is 24.2 Å². The molecule has 2 amide bonds. The largest absolute Gasteiger partial charge is 0.490 e. The molecule has 65 heavy (non-hydrogen) atoms. The minimum atomic E-state index is -5.08. The van der Waals surface area contributed by atoms with Crippen LogP contribution in [0.2, 0.25) is 0 Å². The number of hydrogen-bond donors (Lipinski definition) is 7. The van der Waals surface area contributed by atoms with Crippen molar-refractivity contribution >= 4 is 80.2 Å². The van der Waals surface area contributed by atoms with E-state index in [2.05, 4.69) is 25.8 Å². The maximum absolute atomic E-state index is 12.7. The van der Waals surface area contributed by atoms with Crippen LogP contribution in [0.25, 0.3) is 21.8 Å². The van der Waals surface area contributed by atoms with Crippen LogP contribution in [0.15, 0.2) is 60.7 Å². The van der Waals surface area contributed by atoms with E-state index in [1.54, 1.807) is 18.2 Å². The van der Waals surface area contributed by atoms with Crippen LogP contribution < -0.4 is 16.0 Å². The van der Waals surface area contributed by atoms with Gasteiger partial charge in [0.2, 0.25) is 11.8 Å². The number of carbonyl (C=O) groups is 6. The summed E-state index contributed by atoms with van der Waals surface area (Å²) in [4.78, 5) is 73.3. The minimum Gasteiger partial charge on any atom is -0.478 e. The standard InChI is InChI=1S/C34H38N6O4.3C2HF3O2/c41-31(12-18-39-14-1-2-15-39)35-25-8-10-27-29(21-25)38-30-22-26(36-32(42)13-19-40-16-3-4-17-40)9-11-28(30)33(27)37-24-7-5-6-23(20-24)34(43)44;3*3-2(4,5)1(6)7/h5-11,20-22H,1-4,12-19H2,(H,35,41)(H,36,42)(H,37,38)(H,43,44);3*(H,6,7). The van der Waals surface area contributed by atoms with E-state index in [0.717, 1.165) is 55.7 Å². The monoisotopic (exact) mass is 936 g/mol. The van der Waals surface area contributed by atoms with Gasteiger partial charge in [-0.05, 0) is 106 Å². The quantitative estimate of drug-likeness (QED) is 0.0567. The lowest BCUT2D eigenvalue weighted by molar-refractivity contribution is -0.193. The number of carboxylic acid groups (broad SMARTS) is 4. The SMILES string of the molecule is O=C(CCN1CCCC1)Nc1ccc2c(Nc3cccc(C(=O)O)c3)c3ccc(NC(=O)CCN4CCCC4)cc3nc2c1.O=C(O)C(F)(F)F.O=C(O)C(F)(F)F.O=C(O)C(F)(F)F. The molecule has 2 fully saturated rings. The second-order valence-electron chi connectivity index (χ2n) is 14.1. The summed E-state index contributed by atoms with van der Waals surface area (Å²) >= 11 is 0.